The molecule has 22 heavy (non-hydrogen) atoms. The molecule has 1 aromatic rings. The highest BCUT2D eigenvalue weighted by Gasteiger charge is 2.04. The Morgan fingerprint density at radius 2 is 1.00 bits per heavy atom. The first kappa shape index (κ1) is 19.1. The lowest BCUT2D eigenvalue weighted by Crippen LogP contribution is -2.12. The van der Waals surface area contributed by atoms with Crippen molar-refractivity contribution in [2.75, 3.05) is 0 Å². The van der Waals surface area contributed by atoms with Crippen LogP contribution in [0.15, 0.2) is 24.3 Å². The molecule has 8 heteroatoms. The number of carboxylic acid groups (broad SMARTS) is 2. The fourth-order valence-electron chi connectivity index (χ4n) is 1.35. The summed E-state index contributed by atoms with van der Waals surface area (Å²) < 4.78 is 0. The number of rotatable bonds is 7. The van der Waals surface area contributed by atoms with Gasteiger partial charge >= 0.3 is 11.9 Å². The van der Waals surface area contributed by atoms with Gasteiger partial charge in [-0.2, -0.15) is 0 Å². The highest BCUT2D eigenvalue weighted by atomic mass is 16.4. The Hall–Kier alpha value is -2.90. The van der Waals surface area contributed by atoms with Crippen LogP contribution < -0.4 is 11.5 Å². The Morgan fingerprint density at radius 1 is 0.727 bits per heavy atom. The van der Waals surface area contributed by atoms with Gasteiger partial charge in [-0.15, -0.1) is 0 Å². The molecule has 0 bridgehead atoms. The Labute approximate surface area is 126 Å². The molecule has 0 aliphatic rings. The van der Waals surface area contributed by atoms with E-state index in [1.165, 1.54) is 24.3 Å². The molecule has 0 aliphatic heterocycles. The minimum atomic E-state index is -1.06. The summed E-state index contributed by atoms with van der Waals surface area (Å²) in [6.07, 6.45) is 1.98. The molecule has 0 spiro atoms. The van der Waals surface area contributed by atoms with Gasteiger partial charge in [-0.05, 0) is 37.1 Å². The van der Waals surface area contributed by atoms with Gasteiger partial charge in [0.25, 0.3) is 0 Å². The number of hydrogen-bond donors (Lipinski definition) is 4. The largest absolute Gasteiger partial charge is 0.478 e. The second-order valence-electron chi connectivity index (χ2n) is 4.33. The van der Waals surface area contributed by atoms with E-state index in [4.69, 9.17) is 21.7 Å². The van der Waals surface area contributed by atoms with Crippen molar-refractivity contribution in [2.45, 2.75) is 25.7 Å². The highest BCUT2D eigenvalue weighted by Crippen LogP contribution is 2.03. The van der Waals surface area contributed by atoms with E-state index >= 15 is 0 Å². The molecule has 8 nitrogen and oxygen atoms in total. The van der Waals surface area contributed by atoms with E-state index in [0.29, 0.717) is 25.7 Å². The number of primary amides is 2. The van der Waals surface area contributed by atoms with E-state index in [1.54, 1.807) is 0 Å². The van der Waals surface area contributed by atoms with Gasteiger partial charge in [0, 0.05) is 12.8 Å². The van der Waals surface area contributed by atoms with Crippen molar-refractivity contribution >= 4 is 23.8 Å². The van der Waals surface area contributed by atoms with Crippen molar-refractivity contribution in [1.29, 1.82) is 0 Å². The van der Waals surface area contributed by atoms with Crippen LogP contribution in [0.1, 0.15) is 46.4 Å². The predicted molar refractivity (Wildman–Crippen MR) is 77.2 cm³/mol. The fraction of sp³-hybridized carbons (Fsp3) is 0.286. The van der Waals surface area contributed by atoms with Gasteiger partial charge < -0.3 is 21.7 Å². The molecule has 0 fully saturated rings. The predicted octanol–water partition coefficient (Wildman–Crippen LogP) is 0.600. The van der Waals surface area contributed by atoms with Gasteiger partial charge in [0.2, 0.25) is 11.8 Å². The maximum Gasteiger partial charge on any atom is 0.335 e. The van der Waals surface area contributed by atoms with Gasteiger partial charge in [-0.3, -0.25) is 9.59 Å². The van der Waals surface area contributed by atoms with Crippen LogP contribution in [-0.2, 0) is 9.59 Å². The minimum Gasteiger partial charge on any atom is -0.478 e. The summed E-state index contributed by atoms with van der Waals surface area (Å²) in [5.74, 6) is -2.78. The molecule has 0 saturated carbocycles. The maximum atomic E-state index is 10.3. The van der Waals surface area contributed by atoms with Crippen LogP contribution in [0.4, 0.5) is 0 Å². The lowest BCUT2D eigenvalue weighted by Gasteiger charge is -1.94. The second-order valence-corrected chi connectivity index (χ2v) is 4.33. The standard InChI is InChI=1S/C8H6O4.C6H12N2O2/c9-7(10)5-1-2-6(4-3-5)8(11)12;7-5(9)3-1-2-4-6(8)10/h1-4H,(H,9,10)(H,11,12);1-4H2,(H2,7,9)(H2,8,10). The first-order valence-electron chi connectivity index (χ1n) is 6.37. The van der Waals surface area contributed by atoms with E-state index < -0.39 is 11.9 Å². The van der Waals surface area contributed by atoms with E-state index in [9.17, 15) is 19.2 Å². The zero-order valence-electron chi connectivity index (χ0n) is 11.8. The normalized spacial score (nSPS) is 9.27. The molecule has 120 valence electrons. The minimum absolute atomic E-state index is 0.0833. The van der Waals surface area contributed by atoms with Crippen molar-refractivity contribution in [1.82, 2.24) is 0 Å². The number of amides is 2. The average molecular weight is 310 g/mol. The van der Waals surface area contributed by atoms with Crippen LogP contribution >= 0.6 is 0 Å². The Morgan fingerprint density at radius 3 is 1.18 bits per heavy atom. The smallest absolute Gasteiger partial charge is 0.335 e. The fourth-order valence-corrected chi connectivity index (χ4v) is 1.35. The van der Waals surface area contributed by atoms with Crippen LogP contribution in [-0.4, -0.2) is 34.0 Å². The third-order valence-corrected chi connectivity index (χ3v) is 2.48. The van der Waals surface area contributed by atoms with E-state index in [2.05, 4.69) is 0 Å². The molecule has 2 amide bonds. The van der Waals surface area contributed by atoms with Crippen LogP contribution in [0.2, 0.25) is 0 Å². The van der Waals surface area contributed by atoms with Crippen molar-refractivity contribution in [3.8, 4) is 0 Å². The van der Waals surface area contributed by atoms with Crippen molar-refractivity contribution < 1.29 is 29.4 Å². The summed E-state index contributed by atoms with van der Waals surface area (Å²) in [5.41, 5.74) is 9.88. The molecule has 0 radical (unpaired) electrons. The number of nitrogens with two attached hydrogens (primary N) is 2. The van der Waals surface area contributed by atoms with Crippen LogP contribution in [0.3, 0.4) is 0 Å². The highest BCUT2D eigenvalue weighted by molar-refractivity contribution is 5.91. The first-order valence-corrected chi connectivity index (χ1v) is 6.37. The van der Waals surface area contributed by atoms with E-state index in [0.717, 1.165) is 0 Å². The topological polar surface area (TPSA) is 161 Å². The molecule has 0 aromatic heterocycles. The molecule has 0 atom stereocenters. The summed E-state index contributed by atoms with van der Waals surface area (Å²) in [6.45, 7) is 0. The number of aromatic carboxylic acids is 2. The second kappa shape index (κ2) is 9.92. The number of unbranched alkanes of at least 4 members (excludes halogenated alkanes) is 1. The Bertz CT molecular complexity index is 490. The molecule has 0 unspecified atom stereocenters. The zero-order chi connectivity index (χ0) is 17.1. The summed E-state index contributed by atoms with van der Waals surface area (Å²) >= 11 is 0. The lowest BCUT2D eigenvalue weighted by atomic mass is 10.1. The summed E-state index contributed by atoms with van der Waals surface area (Å²) in [4.78, 5) is 41.0. The van der Waals surface area contributed by atoms with Crippen molar-refractivity contribution in [3.63, 3.8) is 0 Å². The Balaban J connectivity index is 0.000000409. The van der Waals surface area contributed by atoms with E-state index in [-0.39, 0.29) is 22.9 Å². The third-order valence-electron chi connectivity index (χ3n) is 2.48. The van der Waals surface area contributed by atoms with Crippen molar-refractivity contribution in [2.24, 2.45) is 11.5 Å². The molecular formula is C14H18N2O6. The van der Waals surface area contributed by atoms with Gasteiger partial charge in [0.15, 0.2) is 0 Å². The number of carbonyl (C=O) groups is 4. The van der Waals surface area contributed by atoms with Crippen LogP contribution in [0.5, 0.6) is 0 Å². The Kier molecular flexibility index (Phi) is 8.61. The molecule has 6 N–H and O–H groups in total. The van der Waals surface area contributed by atoms with Gasteiger partial charge in [-0.25, -0.2) is 9.59 Å². The SMILES string of the molecule is NC(=O)CCCCC(N)=O.O=C(O)c1ccc(C(=O)O)cc1. The summed E-state index contributed by atoms with van der Waals surface area (Å²) in [5, 5.41) is 16.9. The summed E-state index contributed by atoms with van der Waals surface area (Å²) in [6, 6.07) is 5.02. The third kappa shape index (κ3) is 9.08. The quantitative estimate of drug-likeness (QED) is 0.539. The molecule has 0 aliphatic carbocycles. The van der Waals surface area contributed by atoms with E-state index in [1.807, 2.05) is 0 Å². The molecule has 1 rings (SSSR count). The number of carbonyl (C=O) groups excluding carboxylic acids is 2. The number of hydrogen-bond acceptors (Lipinski definition) is 4. The average Bonchev–Trinajstić information content (AvgIpc) is 2.44. The molecular weight excluding hydrogens is 292 g/mol. The number of benzene rings is 1. The van der Waals surface area contributed by atoms with Crippen molar-refractivity contribution in [3.05, 3.63) is 35.4 Å². The first-order chi connectivity index (χ1) is 10.2. The van der Waals surface area contributed by atoms with Gasteiger partial charge in [0.05, 0.1) is 11.1 Å². The lowest BCUT2D eigenvalue weighted by molar-refractivity contribution is -0.119. The van der Waals surface area contributed by atoms with Gasteiger partial charge in [-0.1, -0.05) is 0 Å². The number of carboxylic acids is 2. The van der Waals surface area contributed by atoms with Crippen LogP contribution in [0, 0.1) is 0 Å². The monoisotopic (exact) mass is 310 g/mol. The molecule has 1 aromatic carbocycles. The van der Waals surface area contributed by atoms with Crippen LogP contribution in [0.25, 0.3) is 0 Å². The zero-order valence-corrected chi connectivity index (χ0v) is 11.8. The summed E-state index contributed by atoms with van der Waals surface area (Å²) in [7, 11) is 0. The van der Waals surface area contributed by atoms with Gasteiger partial charge in [0.1, 0.15) is 0 Å². The molecule has 0 heterocycles. The molecule has 0 saturated heterocycles. The maximum absolute atomic E-state index is 10.3.